The van der Waals surface area contributed by atoms with Gasteiger partial charge in [0, 0.05) is 36.7 Å². The minimum atomic E-state index is 0.0635. The van der Waals surface area contributed by atoms with Gasteiger partial charge in [0.05, 0.1) is 18.9 Å². The van der Waals surface area contributed by atoms with Gasteiger partial charge in [-0.1, -0.05) is 31.4 Å². The van der Waals surface area contributed by atoms with Crippen LogP contribution in [0.4, 0.5) is 0 Å². The first kappa shape index (κ1) is 20.9. The predicted molar refractivity (Wildman–Crippen MR) is 117 cm³/mol. The lowest BCUT2D eigenvalue weighted by Crippen LogP contribution is -2.35. The van der Waals surface area contributed by atoms with Gasteiger partial charge in [0.15, 0.2) is 11.5 Å². The number of nitrogens with zero attached hydrogens (tertiary/aromatic N) is 2. The molecule has 0 radical (unpaired) electrons. The summed E-state index contributed by atoms with van der Waals surface area (Å²) in [7, 11) is 0. The van der Waals surface area contributed by atoms with Crippen molar-refractivity contribution in [3.05, 3.63) is 51.2 Å². The van der Waals surface area contributed by atoms with Gasteiger partial charge in [-0.3, -0.25) is 9.69 Å². The molecule has 0 spiro atoms. The molecule has 1 aliphatic heterocycles. The highest BCUT2D eigenvalue weighted by atomic mass is 16.5. The molecule has 0 bridgehead atoms. The number of hydrogen-bond donors (Lipinski definition) is 1. The van der Waals surface area contributed by atoms with E-state index in [1.807, 2.05) is 26.0 Å². The third-order valence-electron chi connectivity index (χ3n) is 6.21. The predicted octanol–water partition coefficient (Wildman–Crippen LogP) is 4.17. The molecule has 0 saturated heterocycles. The molecule has 2 heterocycles. The lowest BCUT2D eigenvalue weighted by atomic mass is 9.88. The largest absolute Gasteiger partial charge is 0.490 e. The highest BCUT2D eigenvalue weighted by molar-refractivity contribution is 5.46. The summed E-state index contributed by atoms with van der Waals surface area (Å²) in [5, 5.41) is 0. The van der Waals surface area contributed by atoms with Crippen LogP contribution in [0.3, 0.4) is 0 Å². The van der Waals surface area contributed by atoms with Crippen LogP contribution in [0.2, 0.25) is 0 Å². The molecule has 0 unspecified atom stereocenters. The van der Waals surface area contributed by atoms with Crippen molar-refractivity contribution < 1.29 is 9.47 Å². The maximum Gasteiger partial charge on any atom is 0.254 e. The van der Waals surface area contributed by atoms with Crippen LogP contribution in [-0.4, -0.2) is 34.6 Å². The third-order valence-corrected chi connectivity index (χ3v) is 6.21. The van der Waals surface area contributed by atoms with E-state index in [0.717, 1.165) is 66.5 Å². The second-order valence-electron chi connectivity index (χ2n) is 8.28. The molecule has 2 aromatic rings. The second kappa shape index (κ2) is 9.65. The number of aromatic nitrogens is 2. The quantitative estimate of drug-likeness (QED) is 0.741. The summed E-state index contributed by atoms with van der Waals surface area (Å²) in [4.78, 5) is 23.1. The van der Waals surface area contributed by atoms with Crippen LogP contribution < -0.4 is 15.0 Å². The van der Waals surface area contributed by atoms with Crippen molar-refractivity contribution in [2.24, 2.45) is 0 Å². The van der Waals surface area contributed by atoms with Crippen LogP contribution in [0, 0.1) is 0 Å². The van der Waals surface area contributed by atoms with E-state index in [1.54, 1.807) is 0 Å². The van der Waals surface area contributed by atoms with Crippen molar-refractivity contribution in [1.29, 1.82) is 0 Å². The maximum atomic E-state index is 12.7. The van der Waals surface area contributed by atoms with Crippen molar-refractivity contribution in [3.63, 3.8) is 0 Å². The fourth-order valence-electron chi connectivity index (χ4n) is 4.72. The number of fused-ring (bicyclic) bond motifs is 1. The van der Waals surface area contributed by atoms with Crippen LogP contribution in [-0.2, 0) is 19.5 Å². The van der Waals surface area contributed by atoms with E-state index in [0.29, 0.717) is 25.7 Å². The molecule has 30 heavy (non-hydrogen) atoms. The Hall–Kier alpha value is -2.34. The topological polar surface area (TPSA) is 67.5 Å². The molecule has 1 aromatic carbocycles. The number of H-pyrrole nitrogens is 1. The number of aromatic amines is 1. The van der Waals surface area contributed by atoms with Gasteiger partial charge in [-0.25, -0.2) is 4.98 Å². The first-order chi connectivity index (χ1) is 14.7. The Kier molecular flexibility index (Phi) is 6.72. The summed E-state index contributed by atoms with van der Waals surface area (Å²) in [6.45, 7) is 7.47. The molecule has 2 aliphatic rings. The van der Waals surface area contributed by atoms with E-state index in [-0.39, 0.29) is 5.56 Å². The van der Waals surface area contributed by atoms with E-state index in [9.17, 15) is 4.79 Å². The molecule has 162 valence electrons. The van der Waals surface area contributed by atoms with Gasteiger partial charge >= 0.3 is 0 Å². The standard InChI is InChI=1S/C24H33N3O3/c1-3-29-21-12-8-11-18(22(21)30-4-2)15-27-14-13-19-20(16-27)25-23(26-24(19)28)17-9-6-5-7-10-17/h8,11-12,17H,3-7,9-10,13-16H2,1-2H3,(H,25,26,28). The molecule has 1 aromatic heterocycles. The lowest BCUT2D eigenvalue weighted by molar-refractivity contribution is 0.230. The lowest BCUT2D eigenvalue weighted by Gasteiger charge is -2.29. The Morgan fingerprint density at radius 3 is 2.70 bits per heavy atom. The molecule has 1 N–H and O–H groups in total. The fraction of sp³-hybridized carbons (Fsp3) is 0.583. The molecule has 6 heteroatoms. The number of para-hydroxylation sites is 1. The molecule has 1 fully saturated rings. The summed E-state index contributed by atoms with van der Waals surface area (Å²) < 4.78 is 11.7. The van der Waals surface area contributed by atoms with Gasteiger partial charge < -0.3 is 14.5 Å². The zero-order chi connectivity index (χ0) is 20.9. The van der Waals surface area contributed by atoms with Crippen molar-refractivity contribution in [2.45, 2.75) is 71.4 Å². The molecule has 1 saturated carbocycles. The molecule has 6 nitrogen and oxygen atoms in total. The molecular weight excluding hydrogens is 378 g/mol. The van der Waals surface area contributed by atoms with Gasteiger partial charge in [0.2, 0.25) is 0 Å². The third kappa shape index (κ3) is 4.53. The number of benzene rings is 1. The Bertz CT molecular complexity index is 918. The van der Waals surface area contributed by atoms with E-state index in [1.165, 1.54) is 19.3 Å². The van der Waals surface area contributed by atoms with Gasteiger partial charge in [-0.15, -0.1) is 0 Å². The van der Waals surface area contributed by atoms with E-state index >= 15 is 0 Å². The van der Waals surface area contributed by atoms with Crippen LogP contribution in [0.1, 0.15) is 74.5 Å². The number of nitrogens with one attached hydrogen (secondary N) is 1. The Morgan fingerprint density at radius 2 is 1.93 bits per heavy atom. The van der Waals surface area contributed by atoms with Crippen LogP contribution in [0.5, 0.6) is 11.5 Å². The highest BCUT2D eigenvalue weighted by Gasteiger charge is 2.25. The fourth-order valence-corrected chi connectivity index (χ4v) is 4.72. The molecule has 1 aliphatic carbocycles. The summed E-state index contributed by atoms with van der Waals surface area (Å²) >= 11 is 0. The van der Waals surface area contributed by atoms with Gasteiger partial charge in [0.25, 0.3) is 5.56 Å². The highest BCUT2D eigenvalue weighted by Crippen LogP contribution is 2.34. The Balaban J connectivity index is 1.55. The second-order valence-corrected chi connectivity index (χ2v) is 8.28. The van der Waals surface area contributed by atoms with Gasteiger partial charge in [-0.2, -0.15) is 0 Å². The molecule has 4 rings (SSSR count). The van der Waals surface area contributed by atoms with Crippen molar-refractivity contribution in [1.82, 2.24) is 14.9 Å². The summed E-state index contributed by atoms with van der Waals surface area (Å²) in [5.41, 5.74) is 2.99. The summed E-state index contributed by atoms with van der Waals surface area (Å²) in [5.74, 6) is 2.92. The van der Waals surface area contributed by atoms with Crippen LogP contribution >= 0.6 is 0 Å². The minimum absolute atomic E-state index is 0.0635. The SMILES string of the molecule is CCOc1cccc(CN2CCc3c(nc(C4CCCCC4)[nH]c3=O)C2)c1OCC. The minimum Gasteiger partial charge on any atom is -0.490 e. The van der Waals surface area contributed by atoms with Crippen LogP contribution in [0.25, 0.3) is 0 Å². The first-order valence-electron chi connectivity index (χ1n) is 11.4. The average molecular weight is 412 g/mol. The summed E-state index contributed by atoms with van der Waals surface area (Å²) in [6.07, 6.45) is 6.75. The number of rotatable bonds is 7. The molecular formula is C24H33N3O3. The average Bonchev–Trinajstić information content (AvgIpc) is 2.76. The number of hydrogen-bond acceptors (Lipinski definition) is 5. The van der Waals surface area contributed by atoms with E-state index in [2.05, 4.69) is 16.0 Å². The zero-order valence-corrected chi connectivity index (χ0v) is 18.2. The monoisotopic (exact) mass is 411 g/mol. The molecule has 0 amide bonds. The maximum absolute atomic E-state index is 12.7. The summed E-state index contributed by atoms with van der Waals surface area (Å²) in [6, 6.07) is 6.08. The first-order valence-corrected chi connectivity index (χ1v) is 11.4. The van der Waals surface area contributed by atoms with Gasteiger partial charge in [-0.05, 0) is 39.2 Å². The van der Waals surface area contributed by atoms with Gasteiger partial charge in [0.1, 0.15) is 5.82 Å². The van der Waals surface area contributed by atoms with Crippen molar-refractivity contribution in [2.75, 3.05) is 19.8 Å². The van der Waals surface area contributed by atoms with Crippen molar-refractivity contribution >= 4 is 0 Å². The normalized spacial score (nSPS) is 17.5. The Morgan fingerprint density at radius 1 is 1.13 bits per heavy atom. The van der Waals surface area contributed by atoms with E-state index in [4.69, 9.17) is 14.5 Å². The van der Waals surface area contributed by atoms with E-state index < -0.39 is 0 Å². The molecule has 0 atom stereocenters. The zero-order valence-electron chi connectivity index (χ0n) is 18.2. The Labute approximate surface area is 178 Å². The van der Waals surface area contributed by atoms with Crippen molar-refractivity contribution in [3.8, 4) is 11.5 Å². The van der Waals surface area contributed by atoms with Crippen LogP contribution in [0.15, 0.2) is 23.0 Å². The smallest absolute Gasteiger partial charge is 0.254 e. The number of ether oxygens (including phenoxy) is 2.